The Labute approximate surface area is 116 Å². The number of thiazole rings is 1. The van der Waals surface area contributed by atoms with Gasteiger partial charge in [-0.05, 0) is 31.2 Å². The summed E-state index contributed by atoms with van der Waals surface area (Å²) in [6, 6.07) is 12.4. The van der Waals surface area contributed by atoms with Crippen LogP contribution in [0.1, 0.15) is 23.7 Å². The SMILES string of the molecule is CC(NCCc1nc2ccccc2s1)c1ccco1. The third-order valence-electron chi connectivity index (χ3n) is 3.10. The molecule has 1 atom stereocenters. The number of para-hydroxylation sites is 1. The van der Waals surface area contributed by atoms with E-state index in [1.165, 1.54) is 9.71 Å². The second kappa shape index (κ2) is 5.55. The first-order chi connectivity index (χ1) is 9.33. The van der Waals surface area contributed by atoms with Gasteiger partial charge in [-0.25, -0.2) is 4.98 Å². The van der Waals surface area contributed by atoms with Gasteiger partial charge in [-0.15, -0.1) is 11.3 Å². The summed E-state index contributed by atoms with van der Waals surface area (Å²) in [6.45, 7) is 3.01. The monoisotopic (exact) mass is 272 g/mol. The van der Waals surface area contributed by atoms with Crippen molar-refractivity contribution in [1.29, 1.82) is 0 Å². The molecule has 0 saturated carbocycles. The van der Waals surface area contributed by atoms with Gasteiger partial charge in [-0.1, -0.05) is 12.1 Å². The molecular formula is C15H16N2OS. The van der Waals surface area contributed by atoms with Crippen LogP contribution in [0.3, 0.4) is 0 Å². The van der Waals surface area contributed by atoms with Gasteiger partial charge in [0.25, 0.3) is 0 Å². The van der Waals surface area contributed by atoms with Crippen LogP contribution in [-0.4, -0.2) is 11.5 Å². The third kappa shape index (κ3) is 2.85. The fourth-order valence-electron chi connectivity index (χ4n) is 2.06. The Morgan fingerprint density at radius 1 is 1.26 bits per heavy atom. The molecule has 0 aliphatic rings. The predicted octanol–water partition coefficient (Wildman–Crippen LogP) is 3.78. The molecule has 2 aromatic heterocycles. The zero-order valence-electron chi connectivity index (χ0n) is 10.8. The molecule has 1 aromatic carbocycles. The van der Waals surface area contributed by atoms with Crippen molar-refractivity contribution in [2.75, 3.05) is 6.54 Å². The Balaban J connectivity index is 1.57. The van der Waals surface area contributed by atoms with Crippen molar-refractivity contribution in [3.8, 4) is 0 Å². The minimum absolute atomic E-state index is 0.240. The number of hydrogen-bond acceptors (Lipinski definition) is 4. The van der Waals surface area contributed by atoms with Crippen molar-refractivity contribution >= 4 is 21.6 Å². The Morgan fingerprint density at radius 3 is 2.95 bits per heavy atom. The highest BCUT2D eigenvalue weighted by molar-refractivity contribution is 7.18. The van der Waals surface area contributed by atoms with Crippen molar-refractivity contribution in [2.45, 2.75) is 19.4 Å². The van der Waals surface area contributed by atoms with Gasteiger partial charge in [0.2, 0.25) is 0 Å². The van der Waals surface area contributed by atoms with Crippen LogP contribution < -0.4 is 5.32 Å². The summed E-state index contributed by atoms with van der Waals surface area (Å²) in [6.07, 6.45) is 2.66. The van der Waals surface area contributed by atoms with Gasteiger partial charge >= 0.3 is 0 Å². The van der Waals surface area contributed by atoms with Crippen molar-refractivity contribution in [1.82, 2.24) is 10.3 Å². The average Bonchev–Trinajstić information content (AvgIpc) is 3.07. The predicted molar refractivity (Wildman–Crippen MR) is 78.4 cm³/mol. The number of furan rings is 1. The Morgan fingerprint density at radius 2 is 2.16 bits per heavy atom. The lowest BCUT2D eigenvalue weighted by Gasteiger charge is -2.09. The molecule has 0 radical (unpaired) electrons. The maximum Gasteiger partial charge on any atom is 0.120 e. The molecule has 2 heterocycles. The van der Waals surface area contributed by atoms with Crippen LogP contribution >= 0.6 is 11.3 Å². The van der Waals surface area contributed by atoms with E-state index in [-0.39, 0.29) is 6.04 Å². The minimum Gasteiger partial charge on any atom is -0.468 e. The topological polar surface area (TPSA) is 38.1 Å². The number of fused-ring (bicyclic) bond motifs is 1. The Hall–Kier alpha value is -1.65. The fourth-order valence-corrected chi connectivity index (χ4v) is 3.03. The first-order valence-corrected chi connectivity index (χ1v) is 7.26. The van der Waals surface area contributed by atoms with E-state index in [0.717, 1.165) is 24.2 Å². The Bertz CT molecular complexity index is 612. The van der Waals surface area contributed by atoms with E-state index in [9.17, 15) is 0 Å². The zero-order chi connectivity index (χ0) is 13.1. The van der Waals surface area contributed by atoms with Crippen LogP contribution in [0.2, 0.25) is 0 Å². The van der Waals surface area contributed by atoms with Crippen LogP contribution in [0.25, 0.3) is 10.2 Å². The van der Waals surface area contributed by atoms with Crippen LogP contribution in [0.4, 0.5) is 0 Å². The summed E-state index contributed by atoms with van der Waals surface area (Å²) in [5.41, 5.74) is 1.10. The van der Waals surface area contributed by atoms with Crippen molar-refractivity contribution < 1.29 is 4.42 Å². The van der Waals surface area contributed by atoms with E-state index < -0.39 is 0 Å². The molecule has 1 unspecified atom stereocenters. The fraction of sp³-hybridized carbons (Fsp3) is 0.267. The molecule has 3 nitrogen and oxygen atoms in total. The lowest BCUT2D eigenvalue weighted by atomic mass is 10.2. The standard InChI is InChI=1S/C15H16N2OS/c1-11(13-6-4-10-18-13)16-9-8-15-17-12-5-2-3-7-14(12)19-15/h2-7,10-11,16H,8-9H2,1H3. The highest BCUT2D eigenvalue weighted by Crippen LogP contribution is 2.21. The molecule has 0 spiro atoms. The maximum atomic E-state index is 5.37. The molecule has 3 aromatic rings. The highest BCUT2D eigenvalue weighted by atomic mass is 32.1. The lowest BCUT2D eigenvalue weighted by Crippen LogP contribution is -2.20. The molecule has 0 aliphatic heterocycles. The third-order valence-corrected chi connectivity index (χ3v) is 4.19. The van der Waals surface area contributed by atoms with Gasteiger partial charge < -0.3 is 9.73 Å². The molecule has 98 valence electrons. The van der Waals surface area contributed by atoms with Gasteiger partial charge in [0, 0.05) is 13.0 Å². The van der Waals surface area contributed by atoms with Crippen LogP contribution in [0, 0.1) is 0 Å². The van der Waals surface area contributed by atoms with Gasteiger partial charge in [0.15, 0.2) is 0 Å². The first kappa shape index (κ1) is 12.4. The summed E-state index contributed by atoms with van der Waals surface area (Å²) >= 11 is 1.77. The molecule has 0 saturated heterocycles. The molecule has 0 fully saturated rings. The summed E-state index contributed by atoms with van der Waals surface area (Å²) in [4.78, 5) is 4.63. The van der Waals surface area contributed by atoms with Gasteiger partial charge in [0.1, 0.15) is 5.76 Å². The molecule has 0 aliphatic carbocycles. The van der Waals surface area contributed by atoms with Crippen molar-refractivity contribution in [3.05, 3.63) is 53.4 Å². The van der Waals surface area contributed by atoms with Crippen LogP contribution in [0.15, 0.2) is 47.1 Å². The summed E-state index contributed by atoms with van der Waals surface area (Å²) in [7, 11) is 0. The molecule has 4 heteroatoms. The van der Waals surface area contributed by atoms with Gasteiger partial charge in [0.05, 0.1) is 27.5 Å². The van der Waals surface area contributed by atoms with E-state index in [0.29, 0.717) is 0 Å². The number of benzene rings is 1. The molecule has 3 rings (SSSR count). The zero-order valence-corrected chi connectivity index (χ0v) is 11.6. The minimum atomic E-state index is 0.240. The summed E-state index contributed by atoms with van der Waals surface area (Å²) < 4.78 is 6.63. The van der Waals surface area contributed by atoms with Crippen molar-refractivity contribution in [3.63, 3.8) is 0 Å². The second-order valence-electron chi connectivity index (χ2n) is 4.52. The maximum absolute atomic E-state index is 5.37. The number of rotatable bonds is 5. The smallest absolute Gasteiger partial charge is 0.120 e. The average molecular weight is 272 g/mol. The van der Waals surface area contributed by atoms with E-state index in [2.05, 4.69) is 35.4 Å². The van der Waals surface area contributed by atoms with Gasteiger partial charge in [-0.2, -0.15) is 0 Å². The highest BCUT2D eigenvalue weighted by Gasteiger charge is 2.08. The van der Waals surface area contributed by atoms with E-state index in [1.54, 1.807) is 17.6 Å². The molecule has 19 heavy (non-hydrogen) atoms. The molecular weight excluding hydrogens is 256 g/mol. The quantitative estimate of drug-likeness (QED) is 0.768. The van der Waals surface area contributed by atoms with Gasteiger partial charge in [-0.3, -0.25) is 0 Å². The number of hydrogen-bond donors (Lipinski definition) is 1. The van der Waals surface area contributed by atoms with E-state index in [1.807, 2.05) is 18.2 Å². The number of aromatic nitrogens is 1. The molecule has 0 amide bonds. The van der Waals surface area contributed by atoms with Crippen molar-refractivity contribution in [2.24, 2.45) is 0 Å². The normalized spacial score (nSPS) is 12.9. The van der Waals surface area contributed by atoms with E-state index >= 15 is 0 Å². The number of nitrogens with one attached hydrogen (secondary N) is 1. The van der Waals surface area contributed by atoms with E-state index in [4.69, 9.17) is 4.42 Å². The second-order valence-corrected chi connectivity index (χ2v) is 5.63. The first-order valence-electron chi connectivity index (χ1n) is 6.44. The Kier molecular flexibility index (Phi) is 3.62. The largest absolute Gasteiger partial charge is 0.468 e. The van der Waals surface area contributed by atoms with Crippen LogP contribution in [-0.2, 0) is 6.42 Å². The summed E-state index contributed by atoms with van der Waals surface area (Å²) in [5, 5.41) is 4.63. The number of nitrogens with zero attached hydrogens (tertiary/aromatic N) is 1. The summed E-state index contributed by atoms with van der Waals surface area (Å²) in [5.74, 6) is 0.976. The molecule has 0 bridgehead atoms. The lowest BCUT2D eigenvalue weighted by molar-refractivity contribution is 0.432. The molecule has 1 N–H and O–H groups in total. The van der Waals surface area contributed by atoms with Crippen LogP contribution in [0.5, 0.6) is 0 Å².